The number of benzene rings is 2. The van der Waals surface area contributed by atoms with Crippen LogP contribution >= 0.6 is 0 Å². The van der Waals surface area contributed by atoms with Crippen molar-refractivity contribution in [1.82, 2.24) is 25.6 Å². The quantitative estimate of drug-likeness (QED) is 0.512. The van der Waals surface area contributed by atoms with Crippen LogP contribution in [0.4, 0.5) is 0 Å². The molecule has 9 nitrogen and oxygen atoms in total. The van der Waals surface area contributed by atoms with Crippen LogP contribution in [0.15, 0.2) is 53.4 Å². The number of nitrogens with one attached hydrogen (secondary N) is 2. The first kappa shape index (κ1) is 23.4. The van der Waals surface area contributed by atoms with Crippen molar-refractivity contribution in [1.29, 1.82) is 0 Å². The van der Waals surface area contributed by atoms with Crippen molar-refractivity contribution in [3.8, 4) is 5.69 Å². The average molecular weight is 480 g/mol. The molecular weight excluding hydrogens is 454 g/mol. The Morgan fingerprint density at radius 3 is 2.29 bits per heavy atom. The topological polar surface area (TPSA) is 123 Å². The number of hydrogen-bond acceptors (Lipinski definition) is 6. The Morgan fingerprint density at radius 1 is 1.03 bits per heavy atom. The molecular formula is C24H25N5O4S. The number of amides is 2. The van der Waals surface area contributed by atoms with Crippen molar-refractivity contribution in [3.05, 3.63) is 71.0 Å². The third-order valence-corrected chi connectivity index (χ3v) is 6.41. The fourth-order valence-electron chi connectivity index (χ4n) is 3.29. The standard InChI is InChI=1S/C24H25N5O4S/c1-3-25-23(30)17-7-11-19(12-8-17)29-21(22(27-28-29)24(31)26-18-9-10-18)15-6-16-4-13-20(14-5-16)34(2,32)33/h4-8,11-15,18H,3,9-10H2,1-2H3,(H,25,30)(H,26,31)/b15-6+. The van der Waals surface area contributed by atoms with Gasteiger partial charge in [-0.25, -0.2) is 13.1 Å². The minimum atomic E-state index is -3.29. The van der Waals surface area contributed by atoms with Crippen LogP contribution in [0.1, 0.15) is 51.9 Å². The van der Waals surface area contributed by atoms with E-state index < -0.39 is 9.84 Å². The maximum atomic E-state index is 12.8. The Kier molecular flexibility index (Phi) is 6.60. The zero-order valence-corrected chi connectivity index (χ0v) is 19.7. The van der Waals surface area contributed by atoms with Gasteiger partial charge in [-0.05, 0) is 67.8 Å². The first-order valence-electron chi connectivity index (χ1n) is 10.9. The van der Waals surface area contributed by atoms with E-state index in [1.807, 2.05) is 6.92 Å². The Balaban J connectivity index is 1.67. The number of rotatable bonds is 8. The summed E-state index contributed by atoms with van der Waals surface area (Å²) in [4.78, 5) is 25.1. The highest BCUT2D eigenvalue weighted by atomic mass is 32.2. The van der Waals surface area contributed by atoms with Gasteiger partial charge in [0.25, 0.3) is 11.8 Å². The van der Waals surface area contributed by atoms with Gasteiger partial charge >= 0.3 is 0 Å². The van der Waals surface area contributed by atoms with Crippen molar-refractivity contribution in [2.75, 3.05) is 12.8 Å². The molecule has 1 fully saturated rings. The summed E-state index contributed by atoms with van der Waals surface area (Å²) in [5.74, 6) is -0.477. The minimum absolute atomic E-state index is 0.161. The van der Waals surface area contributed by atoms with Gasteiger partial charge in [-0.1, -0.05) is 23.4 Å². The lowest BCUT2D eigenvalue weighted by Gasteiger charge is -2.07. The summed E-state index contributed by atoms with van der Waals surface area (Å²) in [6.07, 6.45) is 6.52. The van der Waals surface area contributed by atoms with E-state index in [1.165, 1.54) is 16.8 Å². The second-order valence-electron chi connectivity index (χ2n) is 8.06. The number of hydrogen-bond donors (Lipinski definition) is 2. The molecule has 0 saturated heterocycles. The largest absolute Gasteiger partial charge is 0.352 e. The van der Waals surface area contributed by atoms with E-state index in [-0.39, 0.29) is 28.4 Å². The maximum Gasteiger partial charge on any atom is 0.274 e. The summed E-state index contributed by atoms with van der Waals surface area (Å²) in [5.41, 5.74) is 2.55. The lowest BCUT2D eigenvalue weighted by Crippen LogP contribution is -2.26. The Hall–Kier alpha value is -3.79. The van der Waals surface area contributed by atoms with Crippen molar-refractivity contribution in [2.45, 2.75) is 30.7 Å². The third-order valence-electron chi connectivity index (χ3n) is 5.29. The van der Waals surface area contributed by atoms with Crippen LogP contribution in [-0.2, 0) is 9.84 Å². The summed E-state index contributed by atoms with van der Waals surface area (Å²) in [5, 5.41) is 14.0. The Bertz CT molecular complexity index is 1340. The molecule has 0 bridgehead atoms. The lowest BCUT2D eigenvalue weighted by molar-refractivity contribution is 0.0941. The van der Waals surface area contributed by atoms with Gasteiger partial charge in [0.15, 0.2) is 15.5 Å². The van der Waals surface area contributed by atoms with Crippen molar-refractivity contribution < 1.29 is 18.0 Å². The summed E-state index contributed by atoms with van der Waals surface area (Å²) in [7, 11) is -3.29. The molecule has 2 amide bonds. The van der Waals surface area contributed by atoms with Gasteiger partial charge in [-0.3, -0.25) is 9.59 Å². The number of carbonyl (C=O) groups excluding carboxylic acids is 2. The number of sulfone groups is 1. The van der Waals surface area contributed by atoms with Crippen molar-refractivity contribution in [3.63, 3.8) is 0 Å². The normalized spacial score (nSPS) is 13.7. The Morgan fingerprint density at radius 2 is 1.71 bits per heavy atom. The summed E-state index contributed by atoms with van der Waals surface area (Å²) in [6.45, 7) is 2.38. The van der Waals surface area contributed by atoms with Gasteiger partial charge in [-0.2, -0.15) is 0 Å². The van der Waals surface area contributed by atoms with Crippen molar-refractivity contribution >= 4 is 33.8 Å². The van der Waals surface area contributed by atoms with Crippen LogP contribution in [0.5, 0.6) is 0 Å². The van der Waals surface area contributed by atoms with E-state index in [9.17, 15) is 18.0 Å². The maximum absolute atomic E-state index is 12.8. The lowest BCUT2D eigenvalue weighted by atomic mass is 10.1. The van der Waals surface area contributed by atoms with Gasteiger partial charge in [0, 0.05) is 24.4 Å². The molecule has 176 valence electrons. The molecule has 1 heterocycles. The van der Waals surface area contributed by atoms with E-state index in [0.29, 0.717) is 23.5 Å². The van der Waals surface area contributed by atoms with E-state index in [4.69, 9.17) is 0 Å². The predicted molar refractivity (Wildman–Crippen MR) is 128 cm³/mol. The smallest absolute Gasteiger partial charge is 0.274 e. The second kappa shape index (κ2) is 9.60. The predicted octanol–water partition coefficient (Wildman–Crippen LogP) is 2.48. The molecule has 10 heteroatoms. The van der Waals surface area contributed by atoms with Crippen LogP contribution in [0, 0.1) is 0 Å². The molecule has 1 aliphatic rings. The van der Waals surface area contributed by atoms with Crippen LogP contribution in [0.25, 0.3) is 17.8 Å². The van der Waals surface area contributed by atoms with Crippen molar-refractivity contribution in [2.24, 2.45) is 0 Å². The molecule has 2 N–H and O–H groups in total. The summed E-state index contributed by atoms with van der Waals surface area (Å²) >= 11 is 0. The zero-order chi connectivity index (χ0) is 24.3. The molecule has 1 saturated carbocycles. The highest BCUT2D eigenvalue weighted by molar-refractivity contribution is 7.90. The van der Waals surface area contributed by atoms with E-state index >= 15 is 0 Å². The molecule has 3 aromatic rings. The van der Waals surface area contributed by atoms with Crippen LogP contribution < -0.4 is 10.6 Å². The van der Waals surface area contributed by atoms with E-state index in [2.05, 4.69) is 20.9 Å². The van der Waals surface area contributed by atoms with Gasteiger partial charge in [0.05, 0.1) is 10.6 Å². The molecule has 4 rings (SSSR count). The van der Waals surface area contributed by atoms with Crippen LogP contribution in [0.3, 0.4) is 0 Å². The molecule has 1 aliphatic carbocycles. The average Bonchev–Trinajstić information content (AvgIpc) is 3.52. The minimum Gasteiger partial charge on any atom is -0.352 e. The fourth-order valence-corrected chi connectivity index (χ4v) is 3.92. The molecule has 34 heavy (non-hydrogen) atoms. The SMILES string of the molecule is CCNC(=O)c1ccc(-n2nnc(C(=O)NC3CC3)c2/C=C/c2ccc(S(C)(=O)=O)cc2)cc1. The molecule has 1 aromatic heterocycles. The number of carbonyl (C=O) groups is 2. The molecule has 2 aromatic carbocycles. The summed E-state index contributed by atoms with van der Waals surface area (Å²) < 4.78 is 24.9. The first-order valence-corrected chi connectivity index (χ1v) is 12.8. The molecule has 0 unspecified atom stereocenters. The second-order valence-corrected chi connectivity index (χ2v) is 10.1. The number of aromatic nitrogens is 3. The molecule has 0 aliphatic heterocycles. The first-order chi connectivity index (χ1) is 16.3. The van der Waals surface area contributed by atoms with Gasteiger partial charge < -0.3 is 10.6 Å². The number of nitrogens with zero attached hydrogens (tertiary/aromatic N) is 3. The highest BCUT2D eigenvalue weighted by Crippen LogP contribution is 2.22. The Labute approximate surface area is 197 Å². The molecule has 0 radical (unpaired) electrons. The van der Waals surface area contributed by atoms with E-state index in [0.717, 1.165) is 24.7 Å². The molecule has 0 spiro atoms. The highest BCUT2D eigenvalue weighted by Gasteiger charge is 2.27. The zero-order valence-electron chi connectivity index (χ0n) is 18.9. The van der Waals surface area contributed by atoms with Gasteiger partial charge in [0.2, 0.25) is 0 Å². The summed E-state index contributed by atoms with van der Waals surface area (Å²) in [6, 6.07) is 13.4. The van der Waals surface area contributed by atoms with Crippen LogP contribution in [-0.4, -0.2) is 54.1 Å². The molecule has 0 atom stereocenters. The van der Waals surface area contributed by atoms with Crippen LogP contribution in [0.2, 0.25) is 0 Å². The van der Waals surface area contributed by atoms with E-state index in [1.54, 1.807) is 48.6 Å². The monoisotopic (exact) mass is 479 g/mol. The fraction of sp³-hybridized carbons (Fsp3) is 0.250. The van der Waals surface area contributed by atoms with Gasteiger partial charge in [-0.15, -0.1) is 5.10 Å². The van der Waals surface area contributed by atoms with Gasteiger partial charge in [0.1, 0.15) is 5.69 Å². The third kappa shape index (κ3) is 5.40.